The molecule has 0 aromatic heterocycles. The van der Waals surface area contributed by atoms with E-state index in [0.29, 0.717) is 58.6 Å². The summed E-state index contributed by atoms with van der Waals surface area (Å²) in [6, 6.07) is 3.76. The van der Waals surface area contributed by atoms with Gasteiger partial charge >= 0.3 is 5.97 Å². The molecule has 60 heavy (non-hydrogen) atoms. The zero-order valence-corrected chi connectivity index (χ0v) is 36.8. The van der Waals surface area contributed by atoms with Gasteiger partial charge in [0.05, 0.1) is 38.1 Å². The largest absolute Gasteiger partial charge is 0.458 e. The highest BCUT2D eigenvalue weighted by Crippen LogP contribution is 2.52. The average molecular weight is 900 g/mol. The van der Waals surface area contributed by atoms with Crippen molar-refractivity contribution in [2.24, 2.45) is 0 Å². The Bertz CT molecular complexity index is 2830. The number of hydrogen-bond acceptors (Lipinski definition) is 10. The molecule has 0 saturated heterocycles. The van der Waals surface area contributed by atoms with Crippen molar-refractivity contribution in [2.75, 3.05) is 47.6 Å². The monoisotopic (exact) mass is 899 g/mol. The second-order valence-corrected chi connectivity index (χ2v) is 21.8. The summed E-state index contributed by atoms with van der Waals surface area (Å²) in [7, 11) is -9.07. The molecule has 0 radical (unpaired) electrons. The molecule has 0 aliphatic carbocycles. The van der Waals surface area contributed by atoms with E-state index in [1.54, 1.807) is 0 Å². The topological polar surface area (TPSA) is 151 Å². The van der Waals surface area contributed by atoms with Gasteiger partial charge in [-0.1, -0.05) is 24.8 Å². The van der Waals surface area contributed by atoms with Gasteiger partial charge in [-0.3, -0.25) is 9.11 Å². The molecule has 0 bridgehead atoms. The summed E-state index contributed by atoms with van der Waals surface area (Å²) in [5.41, 5.74) is 3.16. The fourth-order valence-electron chi connectivity index (χ4n) is 8.95. The number of carbonyl (C=O) groups is 1. The summed E-state index contributed by atoms with van der Waals surface area (Å²) in [6.07, 6.45) is 12.3. The van der Waals surface area contributed by atoms with Crippen molar-refractivity contribution < 1.29 is 49.0 Å². The maximum atomic E-state index is 18.2. The summed E-state index contributed by atoms with van der Waals surface area (Å²) >= 11 is 1.14. The van der Waals surface area contributed by atoms with Crippen LogP contribution in [0, 0.1) is 11.6 Å². The third-order valence-corrected chi connectivity index (χ3v) is 15.9. The van der Waals surface area contributed by atoms with E-state index in [4.69, 9.17) is 9.47 Å². The second kappa shape index (κ2) is 15.4. The van der Waals surface area contributed by atoms with E-state index in [-0.39, 0.29) is 23.3 Å². The van der Waals surface area contributed by atoms with Gasteiger partial charge in [0.2, 0.25) is 5.36 Å². The normalized spacial score (nSPS) is 18.0. The quantitative estimate of drug-likeness (QED) is 0.0531. The smallest absolute Gasteiger partial charge is 0.342 e. The lowest BCUT2D eigenvalue weighted by atomic mass is 9.80. The van der Waals surface area contributed by atoms with E-state index in [1.807, 2.05) is 24.3 Å². The van der Waals surface area contributed by atoms with Crippen LogP contribution in [0.15, 0.2) is 46.7 Å². The lowest BCUT2D eigenvalue weighted by Gasteiger charge is -2.46. The highest BCUT2D eigenvalue weighted by Gasteiger charge is 2.42. The minimum Gasteiger partial charge on any atom is -0.458 e. The zero-order chi connectivity index (χ0) is 43.1. The van der Waals surface area contributed by atoms with Crippen LogP contribution in [0.4, 0.5) is 14.5 Å². The van der Waals surface area contributed by atoms with E-state index in [0.717, 1.165) is 59.2 Å². The van der Waals surface area contributed by atoms with Gasteiger partial charge in [0, 0.05) is 71.4 Å². The Hall–Kier alpha value is -4.00. The van der Waals surface area contributed by atoms with E-state index in [9.17, 15) is 30.7 Å². The molecule has 0 saturated carbocycles. The number of ether oxygens (including phenoxy) is 2. The first-order chi connectivity index (χ1) is 28.2. The van der Waals surface area contributed by atoms with Gasteiger partial charge in [-0.15, -0.1) is 23.5 Å². The Morgan fingerprint density at radius 1 is 0.933 bits per heavy atom. The number of benzene rings is 3. The van der Waals surface area contributed by atoms with Crippen molar-refractivity contribution in [3.05, 3.63) is 98.1 Å². The summed E-state index contributed by atoms with van der Waals surface area (Å²) in [5.74, 6) is -5.11. The first kappa shape index (κ1) is 42.7. The molecule has 5 aliphatic heterocycles. The summed E-state index contributed by atoms with van der Waals surface area (Å²) in [6.45, 7) is 13.4. The van der Waals surface area contributed by atoms with Crippen molar-refractivity contribution in [1.82, 2.24) is 4.58 Å². The molecule has 0 fully saturated rings. The van der Waals surface area contributed by atoms with E-state index in [1.165, 1.54) is 6.08 Å². The van der Waals surface area contributed by atoms with Crippen LogP contribution in [-0.2, 0) is 37.8 Å². The van der Waals surface area contributed by atoms with Crippen LogP contribution >= 0.6 is 23.5 Å². The molecular weight excluding hydrogens is 855 g/mol. The molecule has 11 nitrogen and oxygen atoms in total. The standard InChI is InChI=1S/C43H44F2N2O9S4/c1-6-17-55-41(48)32-31(33(44)39(57-18-20-59(49,50)51)40(34(32)45)58-19-21-60(52,53)54)30-28-22-24-11-13-42(2,3)46-15-7-9-26(35(24)46)37(28)56-38-27-10-8-16-47-36(27)25(23-29(30)38)12-14-43(47,4)5/h6,11-14,22-23H,1,7-10,15-21H2,2-5H3,(H-,49,50,51,52,53,54)/p+1. The highest BCUT2D eigenvalue weighted by atomic mass is 32.2. The lowest BCUT2D eigenvalue weighted by molar-refractivity contribution is 0.0542. The van der Waals surface area contributed by atoms with Crippen molar-refractivity contribution in [3.8, 4) is 11.5 Å². The Morgan fingerprint density at radius 3 is 2.25 bits per heavy atom. The number of rotatable bonds is 12. The SMILES string of the molecule is C=CCOC(=O)c1c(F)c(SCCS(=O)(=O)O)c(SCCS(=O)(=O)O)c(F)c1C1=c2cc3c4c(c2Oc2c1cc1c5c2CCCN5C(C)(C)C=C1)CCC[N+]=4C(C)(C)C=C3. The molecule has 0 unspecified atom stereocenters. The first-order valence-corrected chi connectivity index (χ1v) is 24.8. The fraction of sp³-hybridized carbons (Fsp3) is 0.395. The van der Waals surface area contributed by atoms with Crippen LogP contribution in [0.3, 0.4) is 0 Å². The first-order valence-electron chi connectivity index (χ1n) is 19.6. The molecule has 2 N–H and O–H groups in total. The second-order valence-electron chi connectivity index (χ2n) is 16.5. The Balaban J connectivity index is 1.53. The van der Waals surface area contributed by atoms with Crippen molar-refractivity contribution in [2.45, 2.75) is 74.2 Å². The van der Waals surface area contributed by atoms with Gasteiger partial charge in [-0.25, -0.2) is 18.2 Å². The van der Waals surface area contributed by atoms with Crippen LogP contribution in [0.5, 0.6) is 11.5 Å². The molecule has 318 valence electrons. The molecule has 5 aliphatic rings. The van der Waals surface area contributed by atoms with E-state index in [2.05, 4.69) is 55.9 Å². The summed E-state index contributed by atoms with van der Waals surface area (Å²) < 4.78 is 117. The zero-order valence-electron chi connectivity index (χ0n) is 33.6. The molecule has 8 rings (SSSR count). The average Bonchev–Trinajstić information content (AvgIpc) is 3.17. The highest BCUT2D eigenvalue weighted by molar-refractivity contribution is 8.03. The van der Waals surface area contributed by atoms with Crippen LogP contribution < -0.4 is 24.8 Å². The van der Waals surface area contributed by atoms with Gasteiger partial charge in [0.25, 0.3) is 20.2 Å². The van der Waals surface area contributed by atoms with Gasteiger partial charge in [-0.2, -0.15) is 16.8 Å². The minimum atomic E-state index is -4.54. The maximum Gasteiger partial charge on any atom is 0.342 e. The van der Waals surface area contributed by atoms with Crippen molar-refractivity contribution in [3.63, 3.8) is 0 Å². The van der Waals surface area contributed by atoms with E-state index < -0.39 is 81.8 Å². The summed E-state index contributed by atoms with van der Waals surface area (Å²) in [4.78, 5) is 15.7. The van der Waals surface area contributed by atoms with Crippen molar-refractivity contribution in [1.29, 1.82) is 0 Å². The molecule has 3 aromatic rings. The van der Waals surface area contributed by atoms with Gasteiger partial charge in [0.15, 0.2) is 11.4 Å². The van der Waals surface area contributed by atoms with Crippen molar-refractivity contribution >= 4 is 73.1 Å². The predicted molar refractivity (Wildman–Crippen MR) is 231 cm³/mol. The molecule has 0 spiro atoms. The van der Waals surface area contributed by atoms with Crippen LogP contribution in [0.1, 0.15) is 84.3 Å². The molecule has 17 heteroatoms. The lowest BCUT2D eigenvalue weighted by Crippen LogP contribution is -2.52. The maximum absolute atomic E-state index is 18.2. The Kier molecular flexibility index (Phi) is 11.0. The number of carbonyl (C=O) groups excluding carboxylic acids is 1. The number of fused-ring (bicyclic) bond motifs is 4. The molecular formula is C43H45F2N2O9S4+. The van der Waals surface area contributed by atoms with Crippen LogP contribution in [0.2, 0.25) is 0 Å². The molecule has 3 aromatic carbocycles. The number of hydrogen-bond donors (Lipinski definition) is 2. The van der Waals surface area contributed by atoms with Gasteiger partial charge < -0.3 is 14.4 Å². The molecule has 5 heterocycles. The Morgan fingerprint density at radius 2 is 1.58 bits per heavy atom. The third kappa shape index (κ3) is 7.52. The number of esters is 1. The molecule has 0 amide bonds. The van der Waals surface area contributed by atoms with E-state index >= 15 is 8.78 Å². The number of halogens is 2. The number of nitrogens with zero attached hydrogens (tertiary/aromatic N) is 2. The van der Waals surface area contributed by atoms with Gasteiger partial charge in [-0.05, 0) is 63.0 Å². The minimum absolute atomic E-state index is 0.170. The summed E-state index contributed by atoms with van der Waals surface area (Å²) in [5, 5.41) is 1.40. The van der Waals surface area contributed by atoms with Crippen LogP contribution in [-0.4, -0.2) is 85.7 Å². The molecule has 0 atom stereocenters. The predicted octanol–water partition coefficient (Wildman–Crippen LogP) is 6.42. The number of anilines is 1. The van der Waals surface area contributed by atoms with Gasteiger partial charge in [0.1, 0.15) is 36.0 Å². The van der Waals surface area contributed by atoms with Crippen LogP contribution in [0.25, 0.3) is 17.7 Å². The fourth-order valence-corrected chi connectivity index (χ4v) is 13.0. The Labute approximate surface area is 356 Å². The third-order valence-electron chi connectivity index (χ3n) is 11.6. The number of thioether (sulfide) groups is 2.